The zero-order chi connectivity index (χ0) is 14.7. The third-order valence-corrected chi connectivity index (χ3v) is 4.64. The Balaban J connectivity index is 1.98. The van der Waals surface area contributed by atoms with Crippen LogP contribution in [-0.2, 0) is 6.54 Å². The van der Waals surface area contributed by atoms with Gasteiger partial charge in [0.15, 0.2) is 0 Å². The molecule has 0 bridgehead atoms. The number of carbonyl (C=O) groups excluding carboxylic acids is 1. The van der Waals surface area contributed by atoms with Crippen molar-refractivity contribution in [2.24, 2.45) is 5.73 Å². The number of rotatable bonds is 5. The molecule has 20 heavy (non-hydrogen) atoms. The predicted octanol–water partition coefficient (Wildman–Crippen LogP) is 4.00. The lowest BCUT2D eigenvalue weighted by atomic mass is 10.1. The van der Waals surface area contributed by atoms with Gasteiger partial charge in [-0.3, -0.25) is 4.79 Å². The van der Waals surface area contributed by atoms with Gasteiger partial charge in [-0.2, -0.15) is 0 Å². The molecule has 2 aromatic rings. The number of hydrogen-bond acceptors (Lipinski definition) is 3. The van der Waals surface area contributed by atoms with Crippen LogP contribution >= 0.6 is 34.5 Å². The highest BCUT2D eigenvalue weighted by molar-refractivity contribution is 7.10. The van der Waals surface area contributed by atoms with E-state index in [2.05, 4.69) is 5.32 Å². The van der Waals surface area contributed by atoms with Crippen molar-refractivity contribution in [3.63, 3.8) is 0 Å². The van der Waals surface area contributed by atoms with Gasteiger partial charge in [-0.1, -0.05) is 29.3 Å². The summed E-state index contributed by atoms with van der Waals surface area (Å²) in [7, 11) is 0. The van der Waals surface area contributed by atoms with Crippen molar-refractivity contribution in [3.05, 3.63) is 55.7 Å². The molecule has 0 saturated heterocycles. The van der Waals surface area contributed by atoms with Gasteiger partial charge in [-0.25, -0.2) is 0 Å². The van der Waals surface area contributed by atoms with E-state index in [-0.39, 0.29) is 6.04 Å². The second-order valence-corrected chi connectivity index (χ2v) is 6.25. The monoisotopic (exact) mass is 328 g/mol. The van der Waals surface area contributed by atoms with Crippen molar-refractivity contribution in [1.82, 2.24) is 5.32 Å². The number of carbonyl (C=O) groups is 1. The van der Waals surface area contributed by atoms with Crippen LogP contribution in [0.4, 0.5) is 0 Å². The van der Waals surface area contributed by atoms with Gasteiger partial charge >= 0.3 is 0 Å². The van der Waals surface area contributed by atoms with Crippen LogP contribution in [0.5, 0.6) is 0 Å². The second-order valence-electron chi connectivity index (χ2n) is 4.44. The number of nitrogens with one attached hydrogen (secondary N) is 1. The molecule has 0 aliphatic rings. The van der Waals surface area contributed by atoms with E-state index in [4.69, 9.17) is 28.9 Å². The minimum absolute atomic E-state index is 0.129. The lowest BCUT2D eigenvalue weighted by molar-refractivity contribution is 0.100. The quantitative estimate of drug-likeness (QED) is 0.871. The Labute approximate surface area is 131 Å². The first kappa shape index (κ1) is 15.3. The van der Waals surface area contributed by atoms with Crippen molar-refractivity contribution in [2.75, 3.05) is 0 Å². The number of thiophene rings is 1. The van der Waals surface area contributed by atoms with Crippen molar-refractivity contribution in [3.8, 4) is 0 Å². The molecule has 2 rings (SSSR count). The summed E-state index contributed by atoms with van der Waals surface area (Å²) in [5, 5.41) is 6.23. The normalized spacial score (nSPS) is 12.3. The van der Waals surface area contributed by atoms with Gasteiger partial charge in [0, 0.05) is 22.8 Å². The summed E-state index contributed by atoms with van der Waals surface area (Å²) < 4.78 is 0. The van der Waals surface area contributed by atoms with E-state index in [9.17, 15) is 4.79 Å². The Kier molecular flexibility index (Phi) is 5.05. The van der Waals surface area contributed by atoms with E-state index in [0.29, 0.717) is 22.2 Å². The minimum atomic E-state index is -0.398. The molecule has 1 amide bonds. The Morgan fingerprint density at radius 3 is 2.70 bits per heavy atom. The smallest absolute Gasteiger partial charge is 0.249 e. The Hall–Kier alpha value is -1.07. The van der Waals surface area contributed by atoms with Gasteiger partial charge in [0.1, 0.15) is 0 Å². The van der Waals surface area contributed by atoms with Crippen LogP contribution in [0.25, 0.3) is 0 Å². The zero-order valence-corrected chi connectivity index (χ0v) is 13.1. The summed E-state index contributed by atoms with van der Waals surface area (Å²) in [6.07, 6.45) is 0. The van der Waals surface area contributed by atoms with Crippen LogP contribution in [0.2, 0.25) is 10.0 Å². The molecule has 0 unspecified atom stereocenters. The largest absolute Gasteiger partial charge is 0.366 e. The first-order chi connectivity index (χ1) is 9.47. The number of nitrogens with two attached hydrogens (primary N) is 1. The molecule has 1 atom stereocenters. The maximum atomic E-state index is 11.0. The molecule has 3 N–H and O–H groups in total. The molecule has 6 heteroatoms. The van der Waals surface area contributed by atoms with Gasteiger partial charge in [-0.15, -0.1) is 11.3 Å². The fourth-order valence-electron chi connectivity index (χ4n) is 1.76. The molecule has 1 aromatic heterocycles. The summed E-state index contributed by atoms with van der Waals surface area (Å²) in [6, 6.07) is 7.51. The summed E-state index contributed by atoms with van der Waals surface area (Å²) in [5.74, 6) is -0.398. The van der Waals surface area contributed by atoms with Gasteiger partial charge in [0.2, 0.25) is 5.91 Å². The van der Waals surface area contributed by atoms with E-state index < -0.39 is 5.91 Å². The Morgan fingerprint density at radius 2 is 2.10 bits per heavy atom. The summed E-state index contributed by atoms with van der Waals surface area (Å²) in [6.45, 7) is 2.71. The maximum absolute atomic E-state index is 11.0. The number of hydrogen-bond donors (Lipinski definition) is 2. The Bertz CT molecular complexity index is 627. The molecule has 0 fully saturated rings. The summed E-state index contributed by atoms with van der Waals surface area (Å²) in [4.78, 5) is 12.1. The van der Waals surface area contributed by atoms with Crippen LogP contribution < -0.4 is 11.1 Å². The molecular formula is C14H14Cl2N2OS. The fraction of sp³-hybridized carbons (Fsp3) is 0.214. The minimum Gasteiger partial charge on any atom is -0.366 e. The maximum Gasteiger partial charge on any atom is 0.249 e. The van der Waals surface area contributed by atoms with E-state index in [1.165, 1.54) is 11.3 Å². The van der Waals surface area contributed by atoms with Crippen molar-refractivity contribution >= 4 is 40.4 Å². The molecule has 106 valence electrons. The first-order valence-corrected chi connectivity index (χ1v) is 7.66. The third-order valence-electron chi connectivity index (χ3n) is 2.96. The van der Waals surface area contributed by atoms with Gasteiger partial charge in [-0.05, 0) is 30.7 Å². The zero-order valence-electron chi connectivity index (χ0n) is 10.8. The molecule has 0 saturated carbocycles. The number of benzene rings is 1. The van der Waals surface area contributed by atoms with Crippen LogP contribution in [0.15, 0.2) is 29.6 Å². The van der Waals surface area contributed by atoms with Crippen molar-refractivity contribution in [1.29, 1.82) is 0 Å². The molecule has 1 heterocycles. The van der Waals surface area contributed by atoms with E-state index in [1.807, 2.05) is 25.1 Å². The standard InChI is InChI=1S/C14H14Cl2N2OS/c1-8(9-2-3-12(15)13(16)5-9)18-6-11-4-10(7-20-11)14(17)19/h2-5,7-8,18H,6H2,1H3,(H2,17,19)/t8-/m1/s1. The number of halogens is 2. The van der Waals surface area contributed by atoms with Crippen LogP contribution in [0, 0.1) is 0 Å². The molecule has 0 aliphatic carbocycles. The van der Waals surface area contributed by atoms with Gasteiger partial charge in [0.25, 0.3) is 0 Å². The molecule has 0 radical (unpaired) electrons. The van der Waals surface area contributed by atoms with Crippen molar-refractivity contribution < 1.29 is 4.79 Å². The molecular weight excluding hydrogens is 315 g/mol. The summed E-state index contributed by atoms with van der Waals surface area (Å²) in [5.41, 5.74) is 6.84. The lowest BCUT2D eigenvalue weighted by Crippen LogP contribution is -2.17. The highest BCUT2D eigenvalue weighted by Gasteiger charge is 2.09. The average Bonchev–Trinajstić information content (AvgIpc) is 2.88. The molecule has 1 aromatic carbocycles. The SMILES string of the molecule is C[C@@H](NCc1cc(C(N)=O)cs1)c1ccc(Cl)c(Cl)c1. The van der Waals surface area contributed by atoms with Crippen LogP contribution in [0.3, 0.4) is 0 Å². The Morgan fingerprint density at radius 1 is 1.35 bits per heavy atom. The molecule has 0 aliphatic heterocycles. The topological polar surface area (TPSA) is 55.1 Å². The predicted molar refractivity (Wildman–Crippen MR) is 84.6 cm³/mol. The van der Waals surface area contributed by atoms with Crippen molar-refractivity contribution in [2.45, 2.75) is 19.5 Å². The average molecular weight is 329 g/mol. The lowest BCUT2D eigenvalue weighted by Gasteiger charge is -2.14. The van der Waals surface area contributed by atoms with E-state index in [0.717, 1.165) is 10.4 Å². The fourth-order valence-corrected chi connectivity index (χ4v) is 2.89. The van der Waals surface area contributed by atoms with Gasteiger partial charge < -0.3 is 11.1 Å². The first-order valence-electron chi connectivity index (χ1n) is 6.03. The number of amides is 1. The second kappa shape index (κ2) is 6.59. The summed E-state index contributed by atoms with van der Waals surface area (Å²) >= 11 is 13.4. The highest BCUT2D eigenvalue weighted by Crippen LogP contribution is 2.26. The van der Waals surface area contributed by atoms with Crippen LogP contribution in [-0.4, -0.2) is 5.91 Å². The molecule has 0 spiro atoms. The third kappa shape index (κ3) is 3.73. The van der Waals surface area contributed by atoms with E-state index in [1.54, 1.807) is 11.4 Å². The van der Waals surface area contributed by atoms with E-state index >= 15 is 0 Å². The van der Waals surface area contributed by atoms with Crippen LogP contribution in [0.1, 0.15) is 33.8 Å². The number of primary amides is 1. The molecule has 3 nitrogen and oxygen atoms in total. The highest BCUT2D eigenvalue weighted by atomic mass is 35.5. The van der Waals surface area contributed by atoms with Gasteiger partial charge in [0.05, 0.1) is 15.6 Å².